The van der Waals surface area contributed by atoms with Crippen LogP contribution in [-0.2, 0) is 6.54 Å². The Balaban J connectivity index is 2.01. The Kier molecular flexibility index (Phi) is 6.21. The fourth-order valence-electron chi connectivity index (χ4n) is 2.17. The largest absolute Gasteiger partial charge is 0.497 e. The molecule has 0 amide bonds. The van der Waals surface area contributed by atoms with Crippen molar-refractivity contribution in [1.29, 1.82) is 0 Å². The van der Waals surface area contributed by atoms with E-state index >= 15 is 0 Å². The fourth-order valence-corrected chi connectivity index (χ4v) is 2.40. The number of aliphatic hydroxyl groups excluding tert-OH is 1. The third-order valence-corrected chi connectivity index (χ3v) is 3.81. The van der Waals surface area contributed by atoms with Crippen LogP contribution in [0.3, 0.4) is 0 Å². The Morgan fingerprint density at radius 2 is 1.83 bits per heavy atom. The molecule has 0 aliphatic heterocycles. The van der Waals surface area contributed by atoms with Gasteiger partial charge in [-0.15, -0.1) is 0 Å². The van der Waals surface area contributed by atoms with Gasteiger partial charge in [-0.05, 0) is 29.8 Å². The first kappa shape index (κ1) is 17.5. The normalized spacial score (nSPS) is 12.0. The molecule has 124 valence electrons. The summed E-state index contributed by atoms with van der Waals surface area (Å²) in [6.07, 6.45) is -0.787. The first-order chi connectivity index (χ1) is 11.0. The smallest absolute Gasteiger partial charge is 0.129 e. The van der Waals surface area contributed by atoms with Crippen molar-refractivity contribution in [2.45, 2.75) is 12.6 Å². The molecule has 2 aromatic carbocycles. The summed E-state index contributed by atoms with van der Waals surface area (Å²) in [5.74, 6) is 0.814. The summed E-state index contributed by atoms with van der Waals surface area (Å²) < 4.78 is 24.0. The van der Waals surface area contributed by atoms with Gasteiger partial charge < -0.3 is 19.9 Å². The van der Waals surface area contributed by atoms with Crippen molar-refractivity contribution in [2.75, 3.05) is 20.8 Å². The van der Waals surface area contributed by atoms with Gasteiger partial charge in [0.05, 0.1) is 20.3 Å². The molecule has 0 spiro atoms. The van der Waals surface area contributed by atoms with Crippen molar-refractivity contribution >= 4 is 11.6 Å². The van der Waals surface area contributed by atoms with E-state index in [0.29, 0.717) is 27.6 Å². The molecule has 0 aromatic heterocycles. The number of nitrogens with one attached hydrogen (secondary N) is 1. The van der Waals surface area contributed by atoms with Crippen molar-refractivity contribution in [3.63, 3.8) is 0 Å². The number of halogens is 2. The van der Waals surface area contributed by atoms with Crippen molar-refractivity contribution in [2.24, 2.45) is 0 Å². The first-order valence-corrected chi connectivity index (χ1v) is 7.47. The number of rotatable bonds is 7. The minimum Gasteiger partial charge on any atom is -0.497 e. The van der Waals surface area contributed by atoms with Crippen LogP contribution < -0.4 is 14.8 Å². The van der Waals surface area contributed by atoms with Crippen LogP contribution in [0, 0.1) is 5.82 Å². The molecule has 0 aliphatic rings. The molecular weight excluding hydrogens is 321 g/mol. The zero-order valence-corrected chi connectivity index (χ0v) is 13.7. The van der Waals surface area contributed by atoms with E-state index in [4.69, 9.17) is 21.1 Å². The van der Waals surface area contributed by atoms with Crippen molar-refractivity contribution in [3.8, 4) is 11.5 Å². The Labute approximate surface area is 139 Å². The van der Waals surface area contributed by atoms with Gasteiger partial charge in [0.25, 0.3) is 0 Å². The number of methoxy groups -OCH3 is 2. The minimum atomic E-state index is -0.787. The Morgan fingerprint density at radius 1 is 1.17 bits per heavy atom. The molecule has 2 rings (SSSR count). The molecule has 0 saturated heterocycles. The number of benzene rings is 2. The van der Waals surface area contributed by atoms with Crippen LogP contribution >= 0.6 is 11.6 Å². The van der Waals surface area contributed by atoms with Crippen LogP contribution in [0.25, 0.3) is 0 Å². The lowest BCUT2D eigenvalue weighted by Gasteiger charge is -2.15. The van der Waals surface area contributed by atoms with E-state index in [2.05, 4.69) is 5.32 Å². The first-order valence-electron chi connectivity index (χ1n) is 7.09. The molecular formula is C17H19ClFNO3. The lowest BCUT2D eigenvalue weighted by atomic mass is 10.1. The summed E-state index contributed by atoms with van der Waals surface area (Å²) in [6, 6.07) is 9.72. The highest BCUT2D eigenvalue weighted by atomic mass is 35.5. The Bertz CT molecular complexity index is 624. The summed E-state index contributed by atoms with van der Waals surface area (Å²) in [6.45, 7) is 0.463. The van der Waals surface area contributed by atoms with E-state index in [1.807, 2.05) is 0 Å². The van der Waals surface area contributed by atoms with Gasteiger partial charge >= 0.3 is 0 Å². The van der Waals surface area contributed by atoms with Gasteiger partial charge in [-0.25, -0.2) is 4.39 Å². The highest BCUT2D eigenvalue weighted by Gasteiger charge is 2.12. The number of hydrogen-bond acceptors (Lipinski definition) is 4. The van der Waals surface area contributed by atoms with Gasteiger partial charge in [-0.1, -0.05) is 17.7 Å². The summed E-state index contributed by atoms with van der Waals surface area (Å²) in [4.78, 5) is 0. The number of ether oxygens (including phenoxy) is 2. The van der Waals surface area contributed by atoms with Gasteiger partial charge in [0.15, 0.2) is 0 Å². The van der Waals surface area contributed by atoms with Crippen LogP contribution in [0.2, 0.25) is 5.02 Å². The molecule has 1 unspecified atom stereocenters. The lowest BCUT2D eigenvalue weighted by molar-refractivity contribution is 0.173. The van der Waals surface area contributed by atoms with E-state index in [1.54, 1.807) is 44.6 Å². The second-order valence-electron chi connectivity index (χ2n) is 4.99. The van der Waals surface area contributed by atoms with Crippen molar-refractivity contribution < 1.29 is 19.0 Å². The Hall–Kier alpha value is -1.82. The average Bonchev–Trinajstić information content (AvgIpc) is 2.56. The van der Waals surface area contributed by atoms with E-state index in [0.717, 1.165) is 0 Å². The zero-order chi connectivity index (χ0) is 16.8. The molecule has 23 heavy (non-hydrogen) atoms. The van der Waals surface area contributed by atoms with Gasteiger partial charge in [0.2, 0.25) is 0 Å². The van der Waals surface area contributed by atoms with Gasteiger partial charge in [0.1, 0.15) is 17.3 Å². The van der Waals surface area contributed by atoms with E-state index in [-0.39, 0.29) is 18.9 Å². The van der Waals surface area contributed by atoms with Gasteiger partial charge in [-0.2, -0.15) is 0 Å². The SMILES string of the molecule is COc1cc(OC)cc(C(O)CNCc2c(F)cccc2Cl)c1. The topological polar surface area (TPSA) is 50.7 Å². The average molecular weight is 340 g/mol. The summed E-state index contributed by atoms with van der Waals surface area (Å²) >= 11 is 5.97. The zero-order valence-electron chi connectivity index (χ0n) is 13.0. The molecule has 0 aliphatic carbocycles. The predicted molar refractivity (Wildman–Crippen MR) is 87.6 cm³/mol. The molecule has 2 aromatic rings. The summed E-state index contributed by atoms with van der Waals surface area (Å²) in [5.41, 5.74) is 1.03. The quantitative estimate of drug-likeness (QED) is 0.812. The highest BCUT2D eigenvalue weighted by molar-refractivity contribution is 6.31. The molecule has 1 atom stereocenters. The van der Waals surface area contributed by atoms with Crippen molar-refractivity contribution in [1.82, 2.24) is 5.32 Å². The third-order valence-electron chi connectivity index (χ3n) is 3.46. The monoisotopic (exact) mass is 339 g/mol. The molecule has 0 heterocycles. The van der Waals surface area contributed by atoms with Crippen molar-refractivity contribution in [3.05, 3.63) is 58.4 Å². The molecule has 0 bridgehead atoms. The maximum atomic E-state index is 13.7. The third kappa shape index (κ3) is 4.58. The minimum absolute atomic E-state index is 0.226. The second-order valence-corrected chi connectivity index (χ2v) is 5.40. The number of hydrogen-bond donors (Lipinski definition) is 2. The summed E-state index contributed by atoms with van der Waals surface area (Å²) in [5, 5.41) is 13.6. The van der Waals surface area contributed by atoms with E-state index < -0.39 is 6.10 Å². The lowest BCUT2D eigenvalue weighted by Crippen LogP contribution is -2.22. The molecule has 0 radical (unpaired) electrons. The van der Waals surface area contributed by atoms with Crippen LogP contribution in [-0.4, -0.2) is 25.9 Å². The van der Waals surface area contributed by atoms with Crippen LogP contribution in [0.5, 0.6) is 11.5 Å². The predicted octanol–water partition coefficient (Wildman–Crippen LogP) is 3.32. The van der Waals surface area contributed by atoms with E-state index in [9.17, 15) is 9.50 Å². The molecule has 0 saturated carbocycles. The molecule has 6 heteroatoms. The van der Waals surface area contributed by atoms with Crippen LogP contribution in [0.4, 0.5) is 4.39 Å². The fraction of sp³-hybridized carbons (Fsp3) is 0.294. The molecule has 0 fully saturated rings. The molecule has 2 N–H and O–H groups in total. The maximum absolute atomic E-state index is 13.7. The van der Waals surface area contributed by atoms with Crippen LogP contribution in [0.1, 0.15) is 17.2 Å². The van der Waals surface area contributed by atoms with Gasteiger partial charge in [0, 0.05) is 29.7 Å². The molecule has 4 nitrogen and oxygen atoms in total. The number of aliphatic hydroxyl groups is 1. The maximum Gasteiger partial charge on any atom is 0.129 e. The van der Waals surface area contributed by atoms with Crippen LogP contribution in [0.15, 0.2) is 36.4 Å². The Morgan fingerprint density at radius 3 is 2.39 bits per heavy atom. The van der Waals surface area contributed by atoms with Gasteiger partial charge in [-0.3, -0.25) is 0 Å². The second kappa shape index (κ2) is 8.15. The van der Waals surface area contributed by atoms with E-state index in [1.165, 1.54) is 6.07 Å². The standard InChI is InChI=1S/C17H19ClFNO3/c1-22-12-6-11(7-13(8-12)23-2)17(21)10-20-9-14-15(18)4-3-5-16(14)19/h3-8,17,20-21H,9-10H2,1-2H3. The summed E-state index contributed by atoms with van der Waals surface area (Å²) in [7, 11) is 3.09. The highest BCUT2D eigenvalue weighted by Crippen LogP contribution is 2.26.